The van der Waals surface area contributed by atoms with E-state index in [0.717, 1.165) is 25.9 Å². The minimum absolute atomic E-state index is 0.252. The third kappa shape index (κ3) is 3.16. The van der Waals surface area contributed by atoms with Crippen molar-refractivity contribution < 1.29 is 0 Å². The molecule has 2 N–H and O–H groups in total. The van der Waals surface area contributed by atoms with Crippen molar-refractivity contribution in [3.05, 3.63) is 26.0 Å². The van der Waals surface area contributed by atoms with Gasteiger partial charge in [-0.15, -0.1) is 0 Å². The first-order valence-electron chi connectivity index (χ1n) is 6.12. The minimum Gasteiger partial charge on any atom is -0.381 e. The van der Waals surface area contributed by atoms with Crippen LogP contribution in [0.3, 0.4) is 0 Å². The quantitative estimate of drug-likeness (QED) is 0.573. The molecule has 0 aliphatic rings. The van der Waals surface area contributed by atoms with Crippen LogP contribution < -0.4 is 21.5 Å². The number of nitrogens with one attached hydrogen (secondary N) is 2. The molecule has 17 heavy (non-hydrogen) atoms. The molecule has 4 nitrogen and oxygen atoms in total. The molecule has 0 heterocycles. The topological polar surface area (TPSA) is 58.2 Å². The van der Waals surface area contributed by atoms with Gasteiger partial charge in [-0.05, 0) is 31.8 Å². The van der Waals surface area contributed by atoms with Gasteiger partial charge in [-0.3, -0.25) is 9.59 Å². The average molecular weight is 238 g/mol. The van der Waals surface area contributed by atoms with Crippen LogP contribution in [0.4, 0.5) is 5.69 Å². The second kappa shape index (κ2) is 5.45. The summed E-state index contributed by atoms with van der Waals surface area (Å²) in [5.41, 5.74) is 0.250. The highest BCUT2D eigenvalue weighted by Crippen LogP contribution is 2.25. The van der Waals surface area contributed by atoms with Gasteiger partial charge >= 0.3 is 0 Å². The van der Waals surface area contributed by atoms with Crippen molar-refractivity contribution in [3.8, 4) is 0 Å². The summed E-state index contributed by atoms with van der Waals surface area (Å²) in [5, 5.41) is 6.17. The van der Waals surface area contributed by atoms with Gasteiger partial charge in [-0.1, -0.05) is 20.8 Å². The fourth-order valence-electron chi connectivity index (χ4n) is 1.92. The van der Waals surface area contributed by atoms with Crippen molar-refractivity contribution in [1.29, 1.82) is 0 Å². The largest absolute Gasteiger partial charge is 0.381 e. The lowest BCUT2D eigenvalue weighted by molar-refractivity contribution is 0.579. The fraction of sp³-hybridized carbons (Fsp3) is 0.692. The molecule has 0 radical (unpaired) electrons. The zero-order valence-corrected chi connectivity index (χ0v) is 11.1. The Morgan fingerprint density at radius 2 is 1.59 bits per heavy atom. The third-order valence-electron chi connectivity index (χ3n) is 2.82. The van der Waals surface area contributed by atoms with Crippen molar-refractivity contribution in [3.63, 3.8) is 0 Å². The van der Waals surface area contributed by atoms with E-state index < -0.39 is 0 Å². The van der Waals surface area contributed by atoms with Gasteiger partial charge in [0.1, 0.15) is 0 Å². The van der Waals surface area contributed by atoms with Crippen LogP contribution in [-0.2, 0) is 5.41 Å². The first-order chi connectivity index (χ1) is 7.89. The summed E-state index contributed by atoms with van der Waals surface area (Å²) in [6.45, 7) is 7.58. The minimum atomic E-state index is -0.358. The van der Waals surface area contributed by atoms with Gasteiger partial charge in [0, 0.05) is 12.1 Å². The summed E-state index contributed by atoms with van der Waals surface area (Å²) in [5.74, 6) is 0. The standard InChI is InChI=1S/C13H22N2O2/c1-13(2,3)9-10(12(17)11(9)16)15-8-6-5-7-14-4/h14-15H,5-8H2,1-4H3. The van der Waals surface area contributed by atoms with Crippen LogP contribution >= 0.6 is 0 Å². The number of unbranched alkanes of at least 4 members (excludes halogenated alkanes) is 1. The molecule has 0 unspecified atom stereocenters. The van der Waals surface area contributed by atoms with Gasteiger partial charge in [0.2, 0.25) is 10.9 Å². The highest BCUT2D eigenvalue weighted by atomic mass is 16.2. The van der Waals surface area contributed by atoms with Crippen molar-refractivity contribution in [1.82, 2.24) is 5.32 Å². The molecule has 0 aromatic heterocycles. The first-order valence-corrected chi connectivity index (χ1v) is 6.12. The van der Waals surface area contributed by atoms with Crippen LogP contribution in [0, 0.1) is 0 Å². The van der Waals surface area contributed by atoms with Crippen LogP contribution in [-0.4, -0.2) is 20.1 Å². The van der Waals surface area contributed by atoms with Gasteiger partial charge < -0.3 is 10.6 Å². The van der Waals surface area contributed by atoms with Gasteiger partial charge in [0.15, 0.2) is 0 Å². The lowest BCUT2D eigenvalue weighted by atomic mass is 9.82. The Balaban J connectivity index is 2.58. The van der Waals surface area contributed by atoms with E-state index in [9.17, 15) is 9.59 Å². The molecule has 0 spiro atoms. The zero-order chi connectivity index (χ0) is 13.1. The summed E-state index contributed by atoms with van der Waals surface area (Å²) in [6.07, 6.45) is 2.05. The Kier molecular flexibility index (Phi) is 4.46. The van der Waals surface area contributed by atoms with Crippen LogP contribution in [0.5, 0.6) is 0 Å². The SMILES string of the molecule is CNCCCCNc1c(C(C)(C)C)c(=O)c1=O. The number of rotatable bonds is 6. The van der Waals surface area contributed by atoms with Gasteiger partial charge in [-0.25, -0.2) is 0 Å². The predicted molar refractivity (Wildman–Crippen MR) is 71.7 cm³/mol. The molecular weight excluding hydrogens is 216 g/mol. The van der Waals surface area contributed by atoms with Crippen molar-refractivity contribution >= 4 is 5.69 Å². The van der Waals surface area contributed by atoms with Crippen LogP contribution in [0.1, 0.15) is 39.2 Å². The monoisotopic (exact) mass is 238 g/mol. The molecule has 1 rings (SSSR count). The molecular formula is C13H22N2O2. The maximum atomic E-state index is 11.5. The number of hydrogen-bond acceptors (Lipinski definition) is 4. The molecule has 0 bridgehead atoms. The van der Waals surface area contributed by atoms with E-state index in [1.54, 1.807) is 0 Å². The maximum absolute atomic E-state index is 11.5. The molecule has 0 fully saturated rings. The fourth-order valence-corrected chi connectivity index (χ4v) is 1.92. The van der Waals surface area contributed by atoms with E-state index in [1.807, 2.05) is 27.8 Å². The Bertz CT molecular complexity index is 437. The molecule has 0 aliphatic carbocycles. The number of anilines is 1. The molecule has 0 atom stereocenters. The highest BCUT2D eigenvalue weighted by molar-refractivity contribution is 5.59. The lowest BCUT2D eigenvalue weighted by Crippen LogP contribution is -2.43. The molecule has 0 amide bonds. The van der Waals surface area contributed by atoms with E-state index in [0.29, 0.717) is 11.3 Å². The Hall–Kier alpha value is -1.16. The average Bonchev–Trinajstić information content (AvgIpc) is 2.24. The molecule has 4 heteroatoms. The molecule has 0 saturated carbocycles. The summed E-state index contributed by atoms with van der Waals surface area (Å²) in [6, 6.07) is 0. The summed E-state index contributed by atoms with van der Waals surface area (Å²) >= 11 is 0. The number of hydrogen-bond donors (Lipinski definition) is 2. The van der Waals surface area contributed by atoms with Gasteiger partial charge in [0.05, 0.1) is 5.69 Å². The summed E-state index contributed by atoms with van der Waals surface area (Å²) < 4.78 is 0. The summed E-state index contributed by atoms with van der Waals surface area (Å²) in [4.78, 5) is 23.0. The molecule has 0 aliphatic heterocycles. The van der Waals surface area contributed by atoms with Crippen LogP contribution in [0.15, 0.2) is 9.59 Å². The molecule has 1 aromatic carbocycles. The lowest BCUT2D eigenvalue weighted by Gasteiger charge is -2.24. The van der Waals surface area contributed by atoms with Crippen LogP contribution in [0.25, 0.3) is 0 Å². The Morgan fingerprint density at radius 3 is 2.12 bits per heavy atom. The van der Waals surface area contributed by atoms with Crippen molar-refractivity contribution in [2.24, 2.45) is 0 Å². The van der Waals surface area contributed by atoms with E-state index in [1.165, 1.54) is 0 Å². The van der Waals surface area contributed by atoms with Crippen molar-refractivity contribution in [2.45, 2.75) is 39.0 Å². The van der Waals surface area contributed by atoms with E-state index >= 15 is 0 Å². The Labute approximate surface area is 102 Å². The third-order valence-corrected chi connectivity index (χ3v) is 2.82. The van der Waals surface area contributed by atoms with E-state index in [2.05, 4.69) is 10.6 Å². The molecule has 1 aromatic rings. The second-order valence-electron chi connectivity index (χ2n) is 5.40. The Morgan fingerprint density at radius 1 is 1.00 bits per heavy atom. The predicted octanol–water partition coefficient (Wildman–Crippen LogP) is 0.992. The second-order valence-corrected chi connectivity index (χ2v) is 5.40. The molecule has 0 saturated heterocycles. The van der Waals surface area contributed by atoms with Crippen LogP contribution in [0.2, 0.25) is 0 Å². The maximum Gasteiger partial charge on any atom is 0.249 e. The van der Waals surface area contributed by atoms with Gasteiger partial charge in [-0.2, -0.15) is 0 Å². The normalized spacial score (nSPS) is 12.0. The smallest absolute Gasteiger partial charge is 0.249 e. The molecule has 96 valence electrons. The van der Waals surface area contributed by atoms with Gasteiger partial charge in [0.25, 0.3) is 0 Å². The van der Waals surface area contributed by atoms with E-state index in [4.69, 9.17) is 0 Å². The zero-order valence-electron chi connectivity index (χ0n) is 11.1. The van der Waals surface area contributed by atoms with E-state index in [-0.39, 0.29) is 16.3 Å². The summed E-state index contributed by atoms with van der Waals surface area (Å²) in [7, 11) is 1.92. The highest BCUT2D eigenvalue weighted by Gasteiger charge is 2.29. The first kappa shape index (κ1) is 13.9. The van der Waals surface area contributed by atoms with Crippen molar-refractivity contribution in [2.75, 3.05) is 25.5 Å².